The molecule has 60 heavy (non-hydrogen) atoms. The first-order chi connectivity index (χ1) is 29.5. The number of aromatic hydroxyl groups is 3. The van der Waals surface area contributed by atoms with Gasteiger partial charge in [-0.05, 0) is 150 Å². The summed E-state index contributed by atoms with van der Waals surface area (Å²) < 4.78 is 4.50. The number of fused-ring (bicyclic) bond motifs is 6. The number of aromatic nitrogens is 2. The van der Waals surface area contributed by atoms with Crippen LogP contribution in [-0.2, 0) is 0 Å². The third-order valence-corrected chi connectivity index (χ3v) is 11.6. The molecule has 0 saturated heterocycles. The fourth-order valence-electron chi connectivity index (χ4n) is 8.74. The van der Waals surface area contributed by atoms with E-state index in [1.807, 2.05) is 72.8 Å². The average Bonchev–Trinajstić information content (AvgIpc) is 3.79. The molecule has 0 atom stereocenters. The molecule has 3 N–H and O–H groups in total. The second-order valence-corrected chi connectivity index (χ2v) is 15.2. The fourth-order valence-corrected chi connectivity index (χ4v) is 8.74. The number of hydrogen-bond acceptors (Lipinski definition) is 4. The summed E-state index contributed by atoms with van der Waals surface area (Å²) in [7, 11) is 0. The van der Waals surface area contributed by atoms with Crippen molar-refractivity contribution in [3.05, 3.63) is 206 Å². The standard InChI is InChI=1S/C54H37N3O3/c58-44-23-21-43(22-24-44)55(41-17-11-35(12-18-41)37-16-28-51-48(31-37)50-34-46(60)26-30-53(50)56(51)39-7-3-1-4-8-39)42-19-13-36(14-20-42)38-15-27-47-49-33-45(59)25-29-52(49)57(54(47)32-38)40-9-5-2-6-10-40/h1-34,58-60H. The van der Waals surface area contributed by atoms with Gasteiger partial charge in [0.15, 0.2) is 0 Å². The normalized spacial score (nSPS) is 11.5. The largest absolute Gasteiger partial charge is 0.508 e. The van der Waals surface area contributed by atoms with Crippen molar-refractivity contribution in [2.45, 2.75) is 0 Å². The Morgan fingerprint density at radius 3 is 1.20 bits per heavy atom. The first-order valence-corrected chi connectivity index (χ1v) is 19.9. The van der Waals surface area contributed by atoms with Crippen LogP contribution in [-0.4, -0.2) is 24.5 Å². The van der Waals surface area contributed by atoms with E-state index < -0.39 is 0 Å². The molecule has 0 unspecified atom stereocenters. The molecule has 0 spiro atoms. The number of para-hydroxylation sites is 2. The van der Waals surface area contributed by atoms with Crippen LogP contribution in [0.1, 0.15) is 0 Å². The van der Waals surface area contributed by atoms with Crippen LogP contribution in [0.2, 0.25) is 0 Å². The van der Waals surface area contributed by atoms with Gasteiger partial charge in [-0.1, -0.05) is 78.9 Å². The van der Waals surface area contributed by atoms with E-state index in [1.165, 1.54) is 0 Å². The van der Waals surface area contributed by atoms with E-state index >= 15 is 0 Å². The maximum absolute atomic E-state index is 10.5. The summed E-state index contributed by atoms with van der Waals surface area (Å²) in [5.41, 5.74) is 13.5. The molecule has 11 aromatic rings. The van der Waals surface area contributed by atoms with Gasteiger partial charge in [0.1, 0.15) is 17.2 Å². The van der Waals surface area contributed by atoms with Crippen LogP contribution in [0, 0.1) is 0 Å². The molecule has 6 nitrogen and oxygen atoms in total. The molecule has 286 valence electrons. The lowest BCUT2D eigenvalue weighted by Gasteiger charge is -2.26. The average molecular weight is 776 g/mol. The molecule has 0 amide bonds. The molecule has 0 bridgehead atoms. The number of phenols is 3. The predicted molar refractivity (Wildman–Crippen MR) is 246 cm³/mol. The summed E-state index contributed by atoms with van der Waals surface area (Å²) in [6, 6.07) is 69.2. The van der Waals surface area contributed by atoms with E-state index in [-0.39, 0.29) is 17.2 Å². The molecule has 0 aliphatic rings. The molecule has 0 aliphatic heterocycles. The lowest BCUT2D eigenvalue weighted by atomic mass is 10.0. The van der Waals surface area contributed by atoms with Crippen LogP contribution in [0.4, 0.5) is 17.1 Å². The number of rotatable bonds is 7. The maximum atomic E-state index is 10.5. The number of benzene rings is 9. The van der Waals surface area contributed by atoms with Gasteiger partial charge < -0.3 is 29.4 Å². The van der Waals surface area contributed by atoms with Gasteiger partial charge in [-0.15, -0.1) is 0 Å². The van der Waals surface area contributed by atoms with E-state index in [1.54, 1.807) is 24.3 Å². The van der Waals surface area contributed by atoms with Crippen molar-refractivity contribution in [1.29, 1.82) is 0 Å². The van der Waals surface area contributed by atoms with Gasteiger partial charge in [0.2, 0.25) is 0 Å². The summed E-state index contributed by atoms with van der Waals surface area (Å²) in [6.45, 7) is 0. The molecule has 0 aliphatic carbocycles. The lowest BCUT2D eigenvalue weighted by Crippen LogP contribution is -2.09. The summed E-state index contributed by atoms with van der Waals surface area (Å²) in [5, 5.41) is 35.2. The Kier molecular flexibility index (Phi) is 8.17. The van der Waals surface area contributed by atoms with Crippen molar-refractivity contribution in [2.75, 3.05) is 4.90 Å². The Labute approximate surface area is 345 Å². The maximum Gasteiger partial charge on any atom is 0.116 e. The highest BCUT2D eigenvalue weighted by Gasteiger charge is 2.18. The minimum Gasteiger partial charge on any atom is -0.508 e. The highest BCUT2D eigenvalue weighted by molar-refractivity contribution is 6.12. The number of hydrogen-bond donors (Lipinski definition) is 3. The van der Waals surface area contributed by atoms with Crippen LogP contribution in [0.3, 0.4) is 0 Å². The summed E-state index contributed by atoms with van der Waals surface area (Å²) in [4.78, 5) is 2.19. The van der Waals surface area contributed by atoms with Crippen molar-refractivity contribution in [1.82, 2.24) is 9.13 Å². The molecule has 11 rings (SSSR count). The van der Waals surface area contributed by atoms with Crippen LogP contribution >= 0.6 is 0 Å². The third kappa shape index (κ3) is 5.89. The Balaban J connectivity index is 0.964. The highest BCUT2D eigenvalue weighted by Crippen LogP contribution is 2.41. The zero-order valence-corrected chi connectivity index (χ0v) is 32.3. The quantitative estimate of drug-likeness (QED) is 0.151. The first kappa shape index (κ1) is 35.0. The molecule has 0 saturated carbocycles. The molecular formula is C54H37N3O3. The van der Waals surface area contributed by atoms with Crippen molar-refractivity contribution in [3.8, 4) is 50.9 Å². The number of phenolic OH excluding ortho intramolecular Hbond substituents is 3. The van der Waals surface area contributed by atoms with Crippen molar-refractivity contribution in [2.24, 2.45) is 0 Å². The molecule has 0 radical (unpaired) electrons. The Morgan fingerprint density at radius 1 is 0.283 bits per heavy atom. The van der Waals surface area contributed by atoms with Gasteiger partial charge in [-0.25, -0.2) is 0 Å². The number of anilines is 3. The molecule has 2 heterocycles. The van der Waals surface area contributed by atoms with Gasteiger partial charge in [0.05, 0.1) is 22.1 Å². The van der Waals surface area contributed by atoms with Crippen LogP contribution < -0.4 is 4.90 Å². The molecule has 9 aromatic carbocycles. The fraction of sp³-hybridized carbons (Fsp3) is 0. The van der Waals surface area contributed by atoms with Gasteiger partial charge in [0, 0.05) is 50.0 Å². The van der Waals surface area contributed by atoms with Crippen molar-refractivity contribution >= 4 is 60.7 Å². The monoisotopic (exact) mass is 775 g/mol. The number of nitrogens with zero attached hydrogens (tertiary/aromatic N) is 3. The van der Waals surface area contributed by atoms with E-state index in [2.05, 4.69) is 123 Å². The summed E-state index contributed by atoms with van der Waals surface area (Å²) in [6.07, 6.45) is 0. The zero-order valence-electron chi connectivity index (χ0n) is 32.3. The summed E-state index contributed by atoms with van der Waals surface area (Å²) in [5.74, 6) is 0.691. The van der Waals surface area contributed by atoms with Gasteiger partial charge in [0.25, 0.3) is 0 Å². The van der Waals surface area contributed by atoms with E-state index in [9.17, 15) is 15.3 Å². The SMILES string of the molecule is Oc1ccc(N(c2ccc(-c3ccc4c(c3)c3cc(O)ccc3n4-c3ccccc3)cc2)c2ccc(-c3ccc4c5cc(O)ccc5n(-c5ccccc5)c4c3)cc2)cc1. The Hall–Kier alpha value is -8.22. The topological polar surface area (TPSA) is 73.8 Å². The first-order valence-electron chi connectivity index (χ1n) is 19.9. The van der Waals surface area contributed by atoms with Gasteiger partial charge in [-0.2, -0.15) is 0 Å². The van der Waals surface area contributed by atoms with E-state index in [0.717, 1.165) is 94.3 Å². The van der Waals surface area contributed by atoms with Gasteiger partial charge in [-0.3, -0.25) is 0 Å². The zero-order chi connectivity index (χ0) is 40.3. The van der Waals surface area contributed by atoms with E-state index in [4.69, 9.17) is 0 Å². The second-order valence-electron chi connectivity index (χ2n) is 15.2. The van der Waals surface area contributed by atoms with Gasteiger partial charge >= 0.3 is 0 Å². The van der Waals surface area contributed by atoms with Crippen LogP contribution in [0.5, 0.6) is 17.2 Å². The van der Waals surface area contributed by atoms with Crippen LogP contribution in [0.15, 0.2) is 206 Å². The minimum absolute atomic E-state index is 0.209. The molecule has 2 aromatic heterocycles. The summed E-state index contributed by atoms with van der Waals surface area (Å²) >= 11 is 0. The second kappa shape index (κ2) is 14.0. The third-order valence-electron chi connectivity index (χ3n) is 11.6. The Bertz CT molecular complexity index is 3370. The smallest absolute Gasteiger partial charge is 0.116 e. The lowest BCUT2D eigenvalue weighted by molar-refractivity contribution is 0.475. The highest BCUT2D eigenvalue weighted by atomic mass is 16.3. The molecule has 6 heteroatoms. The van der Waals surface area contributed by atoms with Crippen molar-refractivity contribution < 1.29 is 15.3 Å². The Morgan fingerprint density at radius 2 is 0.667 bits per heavy atom. The van der Waals surface area contributed by atoms with E-state index in [0.29, 0.717) is 0 Å². The predicted octanol–water partition coefficient (Wildman–Crippen LogP) is 13.8. The molecule has 0 fully saturated rings. The van der Waals surface area contributed by atoms with Crippen LogP contribution in [0.25, 0.3) is 77.2 Å². The molecular weight excluding hydrogens is 739 g/mol. The minimum atomic E-state index is 0.209. The van der Waals surface area contributed by atoms with Crippen molar-refractivity contribution in [3.63, 3.8) is 0 Å².